The first-order valence-electron chi connectivity index (χ1n) is 7.78. The highest BCUT2D eigenvalue weighted by Crippen LogP contribution is 2.35. The number of nitrogens with zero attached hydrogens (tertiary/aromatic N) is 2. The first kappa shape index (κ1) is 20.3. The van der Waals surface area contributed by atoms with E-state index >= 15 is 0 Å². The van der Waals surface area contributed by atoms with E-state index in [4.69, 9.17) is 0 Å². The highest BCUT2D eigenvalue weighted by Gasteiger charge is 2.33. The van der Waals surface area contributed by atoms with Gasteiger partial charge in [-0.1, -0.05) is 6.07 Å². The average molecular weight is 391 g/mol. The Morgan fingerprint density at radius 3 is 2.43 bits per heavy atom. The van der Waals surface area contributed by atoms with Crippen LogP contribution in [0.3, 0.4) is 0 Å². The van der Waals surface area contributed by atoms with Crippen molar-refractivity contribution in [2.75, 3.05) is 0 Å². The number of hydrogen-bond acceptors (Lipinski definition) is 9. The molecule has 0 bridgehead atoms. The molecule has 0 unspecified atom stereocenters. The first-order chi connectivity index (χ1) is 13.0. The van der Waals surface area contributed by atoms with E-state index in [1.807, 2.05) is 0 Å². The van der Waals surface area contributed by atoms with Gasteiger partial charge in [0, 0.05) is 18.1 Å². The maximum atomic E-state index is 11.7. The summed E-state index contributed by atoms with van der Waals surface area (Å²) >= 11 is 0. The van der Waals surface area contributed by atoms with Crippen LogP contribution in [0.5, 0.6) is 23.0 Å². The van der Waals surface area contributed by atoms with Gasteiger partial charge in [-0.25, -0.2) is 4.79 Å². The predicted molar refractivity (Wildman–Crippen MR) is 96.7 cm³/mol. The molecular formula is C17H17N3O8. The molecule has 148 valence electrons. The fourth-order valence-corrected chi connectivity index (χ4v) is 2.34. The molecule has 0 aromatic heterocycles. The fraction of sp³-hybridized carbons (Fsp3) is 0.176. The number of aromatic hydroxyl groups is 4. The second-order valence-corrected chi connectivity index (χ2v) is 6.17. The standard InChI is InChI=1S/C17H17N3O8/c1-17(16(25)26,7-9-2-3-12(21)13(22)5-9)19-18-8-10-4-11(20(27)28)15(24)14(23)6-10/h2-6,8,19,21-24H,7H2,1H3,(H,25,26)/b18-8+/t17-/m0/s1. The van der Waals surface area contributed by atoms with Crippen LogP contribution in [0.4, 0.5) is 5.69 Å². The number of hydrazone groups is 1. The number of carbonyl (C=O) groups is 1. The van der Waals surface area contributed by atoms with Crippen LogP contribution in [-0.4, -0.2) is 48.2 Å². The van der Waals surface area contributed by atoms with Gasteiger partial charge in [-0.15, -0.1) is 0 Å². The van der Waals surface area contributed by atoms with Gasteiger partial charge in [0.2, 0.25) is 5.75 Å². The summed E-state index contributed by atoms with van der Waals surface area (Å²) in [6.07, 6.45) is 0.927. The van der Waals surface area contributed by atoms with Crippen molar-refractivity contribution in [3.8, 4) is 23.0 Å². The predicted octanol–water partition coefficient (Wildman–Crippen LogP) is 1.43. The Hall–Kier alpha value is -4.02. The van der Waals surface area contributed by atoms with Crippen LogP contribution in [-0.2, 0) is 11.2 Å². The summed E-state index contributed by atoms with van der Waals surface area (Å²) in [5.41, 5.74) is 0.516. The number of carboxylic acid groups (broad SMARTS) is 1. The van der Waals surface area contributed by atoms with E-state index in [0.29, 0.717) is 5.56 Å². The quantitative estimate of drug-likeness (QED) is 0.176. The molecule has 0 aliphatic rings. The van der Waals surface area contributed by atoms with E-state index in [1.54, 1.807) is 0 Å². The SMILES string of the molecule is C[C@@](Cc1ccc(O)c(O)c1)(N/N=C/c1cc(O)c(O)c([N+](=O)[O-])c1)C(=O)O. The van der Waals surface area contributed by atoms with Gasteiger partial charge in [0.1, 0.15) is 0 Å². The maximum absolute atomic E-state index is 11.7. The van der Waals surface area contributed by atoms with E-state index in [2.05, 4.69) is 10.5 Å². The zero-order valence-corrected chi connectivity index (χ0v) is 14.5. The average Bonchev–Trinajstić information content (AvgIpc) is 2.60. The van der Waals surface area contributed by atoms with Gasteiger partial charge in [-0.3, -0.25) is 15.5 Å². The van der Waals surface area contributed by atoms with Crippen LogP contribution >= 0.6 is 0 Å². The Bertz CT molecular complexity index is 960. The van der Waals surface area contributed by atoms with Crippen LogP contribution < -0.4 is 5.43 Å². The van der Waals surface area contributed by atoms with Crippen LogP contribution in [0.2, 0.25) is 0 Å². The number of phenols is 4. The molecule has 0 spiro atoms. The molecule has 0 radical (unpaired) electrons. The zero-order valence-electron chi connectivity index (χ0n) is 14.5. The lowest BCUT2D eigenvalue weighted by Crippen LogP contribution is -2.48. The Labute approximate surface area is 158 Å². The Balaban J connectivity index is 2.24. The third kappa shape index (κ3) is 4.38. The number of nitro groups is 1. The third-order valence-corrected chi connectivity index (χ3v) is 3.88. The van der Waals surface area contributed by atoms with E-state index < -0.39 is 39.4 Å². The molecule has 11 heteroatoms. The van der Waals surface area contributed by atoms with Gasteiger partial charge in [-0.05, 0) is 30.7 Å². The minimum Gasteiger partial charge on any atom is -0.504 e. The van der Waals surface area contributed by atoms with Crippen molar-refractivity contribution in [1.82, 2.24) is 5.43 Å². The van der Waals surface area contributed by atoms with Crippen LogP contribution in [0.1, 0.15) is 18.1 Å². The van der Waals surface area contributed by atoms with Crippen LogP contribution in [0, 0.1) is 10.1 Å². The number of aliphatic carboxylic acids is 1. The van der Waals surface area contributed by atoms with Crippen molar-refractivity contribution in [2.45, 2.75) is 18.9 Å². The third-order valence-electron chi connectivity index (χ3n) is 3.88. The number of hydrogen-bond donors (Lipinski definition) is 6. The number of rotatable bonds is 7. The monoisotopic (exact) mass is 391 g/mol. The molecule has 2 aromatic rings. The van der Waals surface area contributed by atoms with Gasteiger partial charge in [0.05, 0.1) is 11.1 Å². The molecular weight excluding hydrogens is 374 g/mol. The largest absolute Gasteiger partial charge is 0.504 e. The van der Waals surface area contributed by atoms with Crippen LogP contribution in [0.15, 0.2) is 35.4 Å². The molecule has 0 fully saturated rings. The Kier molecular flexibility index (Phi) is 5.58. The number of phenolic OH excluding ortho intramolecular Hbond substituents is 4. The highest BCUT2D eigenvalue weighted by atomic mass is 16.6. The summed E-state index contributed by atoms with van der Waals surface area (Å²) in [7, 11) is 0. The molecule has 0 saturated carbocycles. The number of carboxylic acids is 1. The number of nitro benzene ring substituents is 1. The molecule has 6 N–H and O–H groups in total. The molecule has 0 aliphatic heterocycles. The molecule has 11 nitrogen and oxygen atoms in total. The summed E-state index contributed by atoms with van der Waals surface area (Å²) in [5.74, 6) is -3.63. The maximum Gasteiger partial charge on any atom is 0.330 e. The van der Waals surface area contributed by atoms with Crippen molar-refractivity contribution in [3.63, 3.8) is 0 Å². The van der Waals surface area contributed by atoms with Gasteiger partial charge >= 0.3 is 11.7 Å². The minimum absolute atomic E-state index is 0.0458. The lowest BCUT2D eigenvalue weighted by molar-refractivity contribution is -0.386. The van der Waals surface area contributed by atoms with Crippen molar-refractivity contribution in [1.29, 1.82) is 0 Å². The lowest BCUT2D eigenvalue weighted by atomic mass is 9.93. The molecule has 1 atom stereocenters. The van der Waals surface area contributed by atoms with E-state index in [0.717, 1.165) is 18.3 Å². The molecule has 28 heavy (non-hydrogen) atoms. The van der Waals surface area contributed by atoms with Crippen molar-refractivity contribution >= 4 is 17.9 Å². The summed E-state index contributed by atoms with van der Waals surface area (Å²) in [5, 5.41) is 62.0. The lowest BCUT2D eigenvalue weighted by Gasteiger charge is -2.24. The molecule has 2 aromatic carbocycles. The van der Waals surface area contributed by atoms with Crippen molar-refractivity contribution in [3.05, 3.63) is 51.6 Å². The number of nitrogens with one attached hydrogen (secondary N) is 1. The van der Waals surface area contributed by atoms with Gasteiger partial charge in [0.25, 0.3) is 0 Å². The van der Waals surface area contributed by atoms with E-state index in [9.17, 15) is 40.4 Å². The molecule has 2 rings (SSSR count). The van der Waals surface area contributed by atoms with Gasteiger partial charge in [0.15, 0.2) is 22.8 Å². The molecule has 0 heterocycles. The zero-order chi connectivity index (χ0) is 21.1. The Morgan fingerprint density at radius 1 is 1.18 bits per heavy atom. The molecule has 0 aliphatic carbocycles. The smallest absolute Gasteiger partial charge is 0.330 e. The normalized spacial score (nSPS) is 13.2. The highest BCUT2D eigenvalue weighted by molar-refractivity contribution is 5.83. The second kappa shape index (κ2) is 7.70. The topological polar surface area (TPSA) is 186 Å². The van der Waals surface area contributed by atoms with Gasteiger partial charge in [-0.2, -0.15) is 5.10 Å². The van der Waals surface area contributed by atoms with E-state index in [1.165, 1.54) is 25.1 Å². The summed E-state index contributed by atoms with van der Waals surface area (Å²) in [6.45, 7) is 1.33. The molecule has 0 saturated heterocycles. The summed E-state index contributed by atoms with van der Waals surface area (Å²) in [6, 6.07) is 5.83. The summed E-state index contributed by atoms with van der Waals surface area (Å²) < 4.78 is 0. The van der Waals surface area contributed by atoms with E-state index in [-0.39, 0.29) is 17.7 Å². The Morgan fingerprint density at radius 2 is 1.86 bits per heavy atom. The van der Waals surface area contributed by atoms with Crippen molar-refractivity contribution in [2.24, 2.45) is 5.10 Å². The minimum atomic E-state index is -1.62. The first-order valence-corrected chi connectivity index (χ1v) is 7.78. The second-order valence-electron chi connectivity index (χ2n) is 6.17. The van der Waals surface area contributed by atoms with Gasteiger partial charge < -0.3 is 25.5 Å². The summed E-state index contributed by atoms with van der Waals surface area (Å²) in [4.78, 5) is 21.6. The van der Waals surface area contributed by atoms with Crippen molar-refractivity contribution < 1.29 is 35.3 Å². The number of benzene rings is 2. The van der Waals surface area contributed by atoms with Crippen LogP contribution in [0.25, 0.3) is 0 Å². The molecule has 0 amide bonds. The fourth-order valence-electron chi connectivity index (χ4n) is 2.34.